The van der Waals surface area contributed by atoms with Gasteiger partial charge in [-0.25, -0.2) is 4.99 Å². The number of morpholine rings is 2. The SMILES string of the molecule is CC1=N[C@H](N2CCOCC2)[C@H](N2CCOCC2)N1c1ccccc1. The van der Waals surface area contributed by atoms with Gasteiger partial charge in [-0.3, -0.25) is 9.80 Å². The van der Waals surface area contributed by atoms with Crippen LogP contribution in [0.5, 0.6) is 0 Å². The summed E-state index contributed by atoms with van der Waals surface area (Å²) in [5.41, 5.74) is 1.21. The van der Waals surface area contributed by atoms with Crippen molar-refractivity contribution in [2.75, 3.05) is 57.5 Å². The molecule has 2 atom stereocenters. The van der Waals surface area contributed by atoms with Crippen molar-refractivity contribution in [3.63, 3.8) is 0 Å². The number of hydrogen-bond donors (Lipinski definition) is 0. The maximum Gasteiger partial charge on any atom is 0.139 e. The third-order valence-electron chi connectivity index (χ3n) is 5.07. The van der Waals surface area contributed by atoms with Crippen LogP contribution in [0, 0.1) is 0 Å². The first kappa shape index (κ1) is 16.0. The zero-order chi connectivity index (χ0) is 16.4. The molecule has 3 aliphatic rings. The van der Waals surface area contributed by atoms with Crippen LogP contribution in [0.1, 0.15) is 6.92 Å². The molecule has 0 aromatic heterocycles. The van der Waals surface area contributed by atoms with Crippen molar-refractivity contribution in [1.29, 1.82) is 0 Å². The number of aliphatic imine (C=N–C) groups is 1. The Balaban J connectivity index is 1.65. The Kier molecular flexibility index (Phi) is 4.80. The molecule has 0 amide bonds. The molecule has 3 aliphatic heterocycles. The fourth-order valence-corrected chi connectivity index (χ4v) is 3.88. The van der Waals surface area contributed by atoms with E-state index in [4.69, 9.17) is 14.5 Å². The molecule has 6 nitrogen and oxygen atoms in total. The molecule has 0 saturated carbocycles. The van der Waals surface area contributed by atoms with Gasteiger partial charge in [0.25, 0.3) is 0 Å². The first-order chi connectivity index (χ1) is 11.8. The summed E-state index contributed by atoms with van der Waals surface area (Å²) in [5, 5.41) is 0. The largest absolute Gasteiger partial charge is 0.379 e. The summed E-state index contributed by atoms with van der Waals surface area (Å²) in [4.78, 5) is 12.4. The van der Waals surface area contributed by atoms with Gasteiger partial charge in [-0.05, 0) is 19.1 Å². The smallest absolute Gasteiger partial charge is 0.139 e. The minimum atomic E-state index is 0.159. The fourth-order valence-electron chi connectivity index (χ4n) is 3.88. The van der Waals surface area contributed by atoms with E-state index in [1.807, 2.05) is 0 Å². The number of benzene rings is 1. The molecule has 0 unspecified atom stereocenters. The van der Waals surface area contributed by atoms with Gasteiger partial charge < -0.3 is 14.4 Å². The van der Waals surface area contributed by atoms with Gasteiger partial charge in [-0.1, -0.05) is 18.2 Å². The predicted octanol–water partition coefficient (Wildman–Crippen LogP) is 1.24. The Labute approximate surface area is 143 Å². The lowest BCUT2D eigenvalue weighted by atomic mass is 10.2. The molecular weight excluding hydrogens is 304 g/mol. The van der Waals surface area contributed by atoms with Crippen molar-refractivity contribution < 1.29 is 9.47 Å². The molecule has 0 radical (unpaired) electrons. The maximum atomic E-state index is 5.58. The number of rotatable bonds is 3. The highest BCUT2D eigenvalue weighted by molar-refractivity contribution is 5.98. The summed E-state index contributed by atoms with van der Waals surface area (Å²) in [6.07, 6.45) is 0.390. The van der Waals surface area contributed by atoms with Gasteiger partial charge in [0.2, 0.25) is 0 Å². The fraction of sp³-hybridized carbons (Fsp3) is 0.611. The summed E-state index contributed by atoms with van der Waals surface area (Å²) in [7, 11) is 0. The molecule has 2 fully saturated rings. The lowest BCUT2D eigenvalue weighted by Gasteiger charge is -2.43. The zero-order valence-corrected chi connectivity index (χ0v) is 14.3. The van der Waals surface area contributed by atoms with E-state index in [1.165, 1.54) is 5.69 Å². The molecule has 4 rings (SSSR count). The first-order valence-corrected chi connectivity index (χ1v) is 8.87. The lowest BCUT2D eigenvalue weighted by molar-refractivity contribution is -0.0273. The summed E-state index contributed by atoms with van der Waals surface area (Å²) in [6, 6.07) is 10.6. The minimum absolute atomic E-state index is 0.159. The summed E-state index contributed by atoms with van der Waals surface area (Å²) in [6.45, 7) is 9.13. The van der Waals surface area contributed by atoms with Crippen LogP contribution in [0.2, 0.25) is 0 Å². The molecule has 6 heteroatoms. The van der Waals surface area contributed by atoms with Gasteiger partial charge in [0.1, 0.15) is 18.2 Å². The third-order valence-corrected chi connectivity index (χ3v) is 5.07. The van der Waals surface area contributed by atoms with Crippen LogP contribution in [-0.2, 0) is 9.47 Å². The second kappa shape index (κ2) is 7.19. The van der Waals surface area contributed by atoms with E-state index in [2.05, 4.69) is 52.0 Å². The highest BCUT2D eigenvalue weighted by atomic mass is 16.5. The standard InChI is InChI=1S/C18H26N4O2/c1-15-19-17(20-7-11-23-12-8-20)18(21-9-13-24-14-10-21)22(15)16-5-3-2-4-6-16/h2-6,17-18H,7-14H2,1H3/t17-,18-/m1/s1. The van der Waals surface area contributed by atoms with E-state index in [-0.39, 0.29) is 12.3 Å². The molecule has 1 aromatic carbocycles. The van der Waals surface area contributed by atoms with Crippen LogP contribution in [0.25, 0.3) is 0 Å². The maximum absolute atomic E-state index is 5.58. The molecule has 0 bridgehead atoms. The Bertz CT molecular complexity index is 568. The van der Waals surface area contributed by atoms with E-state index in [1.54, 1.807) is 0 Å². The number of hydrogen-bond acceptors (Lipinski definition) is 6. The van der Waals surface area contributed by atoms with Crippen molar-refractivity contribution in [2.24, 2.45) is 4.99 Å². The van der Waals surface area contributed by atoms with Gasteiger partial charge in [-0.2, -0.15) is 0 Å². The molecule has 0 aliphatic carbocycles. The summed E-state index contributed by atoms with van der Waals surface area (Å²) in [5.74, 6) is 1.09. The van der Waals surface area contributed by atoms with Gasteiger partial charge in [0.05, 0.1) is 26.4 Å². The van der Waals surface area contributed by atoms with Gasteiger partial charge >= 0.3 is 0 Å². The average molecular weight is 330 g/mol. The molecule has 0 N–H and O–H groups in total. The Morgan fingerprint density at radius 1 is 0.875 bits per heavy atom. The second-order valence-corrected chi connectivity index (χ2v) is 6.51. The van der Waals surface area contributed by atoms with Crippen LogP contribution in [0.3, 0.4) is 0 Å². The summed E-state index contributed by atoms with van der Waals surface area (Å²) < 4.78 is 11.1. The third kappa shape index (κ3) is 3.07. The number of anilines is 1. The van der Waals surface area contributed by atoms with Crippen LogP contribution >= 0.6 is 0 Å². The Hall–Kier alpha value is -1.47. The van der Waals surface area contributed by atoms with Crippen molar-refractivity contribution in [1.82, 2.24) is 9.80 Å². The number of nitrogens with zero attached hydrogens (tertiary/aromatic N) is 4. The van der Waals surface area contributed by atoms with Crippen LogP contribution in [0.15, 0.2) is 35.3 Å². The van der Waals surface area contributed by atoms with Gasteiger partial charge in [-0.15, -0.1) is 0 Å². The topological polar surface area (TPSA) is 40.5 Å². The van der Waals surface area contributed by atoms with E-state index in [0.29, 0.717) is 0 Å². The van der Waals surface area contributed by atoms with Crippen LogP contribution in [-0.4, -0.2) is 80.6 Å². The van der Waals surface area contributed by atoms with Crippen molar-refractivity contribution in [2.45, 2.75) is 19.3 Å². The normalized spacial score (nSPS) is 29.7. The monoisotopic (exact) mass is 330 g/mol. The van der Waals surface area contributed by atoms with E-state index >= 15 is 0 Å². The molecule has 0 spiro atoms. The molecule has 2 saturated heterocycles. The minimum Gasteiger partial charge on any atom is -0.379 e. The molecule has 3 heterocycles. The van der Waals surface area contributed by atoms with E-state index in [0.717, 1.165) is 58.4 Å². The molecule has 1 aromatic rings. The highest BCUT2D eigenvalue weighted by Gasteiger charge is 2.42. The van der Waals surface area contributed by atoms with Crippen molar-refractivity contribution in [3.8, 4) is 0 Å². The Morgan fingerprint density at radius 3 is 2.08 bits per heavy atom. The van der Waals surface area contributed by atoms with Gasteiger partial charge in [0.15, 0.2) is 0 Å². The van der Waals surface area contributed by atoms with E-state index in [9.17, 15) is 0 Å². The van der Waals surface area contributed by atoms with E-state index < -0.39 is 0 Å². The second-order valence-electron chi connectivity index (χ2n) is 6.51. The molecule has 24 heavy (non-hydrogen) atoms. The molecule has 130 valence electrons. The number of amidine groups is 1. The quantitative estimate of drug-likeness (QED) is 0.834. The molecular formula is C18H26N4O2. The average Bonchev–Trinajstić information content (AvgIpc) is 3.01. The van der Waals surface area contributed by atoms with Crippen molar-refractivity contribution in [3.05, 3.63) is 30.3 Å². The number of para-hydroxylation sites is 1. The predicted molar refractivity (Wildman–Crippen MR) is 94.4 cm³/mol. The summed E-state index contributed by atoms with van der Waals surface area (Å²) >= 11 is 0. The highest BCUT2D eigenvalue weighted by Crippen LogP contribution is 2.30. The number of ether oxygens (including phenoxy) is 2. The van der Waals surface area contributed by atoms with Crippen LogP contribution in [0.4, 0.5) is 5.69 Å². The van der Waals surface area contributed by atoms with Crippen LogP contribution < -0.4 is 4.90 Å². The first-order valence-electron chi connectivity index (χ1n) is 8.87. The lowest BCUT2D eigenvalue weighted by Crippen LogP contribution is -2.60. The van der Waals surface area contributed by atoms with Crippen molar-refractivity contribution >= 4 is 11.5 Å². The zero-order valence-electron chi connectivity index (χ0n) is 14.3. The Morgan fingerprint density at radius 2 is 1.46 bits per heavy atom. The van der Waals surface area contributed by atoms with Gasteiger partial charge in [0, 0.05) is 31.9 Å².